The minimum Gasteiger partial charge on any atom is -0.494 e. The molecule has 0 aliphatic carbocycles. The zero-order chi connectivity index (χ0) is 12.9. The van der Waals surface area contributed by atoms with Crippen molar-refractivity contribution in [2.75, 3.05) is 6.61 Å². The highest BCUT2D eigenvalue weighted by Gasteiger charge is 2.22. The van der Waals surface area contributed by atoms with Crippen LogP contribution in [0.2, 0.25) is 19.6 Å². The summed E-state index contributed by atoms with van der Waals surface area (Å²) >= 11 is 0. The monoisotopic (exact) mass is 249 g/mol. The van der Waals surface area contributed by atoms with Gasteiger partial charge in [0.1, 0.15) is 5.75 Å². The van der Waals surface area contributed by atoms with Gasteiger partial charge in [0.05, 0.1) is 12.7 Å². The maximum atomic E-state index is 9.13. The molecule has 1 rings (SSSR count). The van der Waals surface area contributed by atoms with E-state index in [0.29, 0.717) is 6.61 Å². The van der Waals surface area contributed by atoms with Crippen LogP contribution in [-0.4, -0.2) is 14.9 Å². The van der Waals surface area contributed by atoms with Crippen LogP contribution in [0, 0.1) is 11.3 Å². The summed E-state index contributed by atoms with van der Waals surface area (Å²) in [4.78, 5) is 0. The second-order valence-electron chi connectivity index (χ2n) is 4.74. The second-order valence-corrected chi connectivity index (χ2v) is 9.20. The van der Waals surface area contributed by atoms with Crippen molar-refractivity contribution in [3.8, 4) is 11.8 Å². The van der Waals surface area contributed by atoms with Gasteiger partial charge in [-0.2, -0.15) is 5.26 Å². The first-order valence-corrected chi connectivity index (χ1v) is 9.17. The van der Waals surface area contributed by atoms with E-state index in [1.54, 1.807) is 0 Å². The molecule has 1 aromatic rings. The first kappa shape index (κ1) is 13.8. The molecule has 4 heteroatoms. The normalized spacial score (nSPS) is 12.9. The topological polar surface area (TPSA) is 42.2 Å². The Morgan fingerprint density at radius 3 is 2.24 bits per heavy atom. The summed E-state index contributed by atoms with van der Waals surface area (Å²) in [5.41, 5.74) is 0.887. The number of hydrogen-bond acceptors (Lipinski definition) is 3. The van der Waals surface area contributed by atoms with Crippen LogP contribution in [0.4, 0.5) is 0 Å². The molecule has 0 aliphatic rings. The molecule has 17 heavy (non-hydrogen) atoms. The Hall–Kier alpha value is -1.31. The molecule has 0 heterocycles. The van der Waals surface area contributed by atoms with Crippen LogP contribution in [-0.2, 0) is 4.43 Å². The highest BCUT2D eigenvalue weighted by Crippen LogP contribution is 2.23. The predicted molar refractivity (Wildman–Crippen MR) is 70.4 cm³/mol. The Bertz CT molecular complexity index is 389. The average Bonchev–Trinajstić information content (AvgIpc) is 2.26. The first-order chi connectivity index (χ1) is 7.96. The van der Waals surface area contributed by atoms with Crippen molar-refractivity contribution < 1.29 is 9.16 Å². The summed E-state index contributed by atoms with van der Waals surface area (Å²) < 4.78 is 11.2. The first-order valence-electron chi connectivity index (χ1n) is 5.76. The lowest BCUT2D eigenvalue weighted by Crippen LogP contribution is -2.27. The molecule has 92 valence electrons. The molecule has 0 bridgehead atoms. The molecule has 0 fully saturated rings. The Morgan fingerprint density at radius 2 is 1.82 bits per heavy atom. The van der Waals surface area contributed by atoms with Crippen molar-refractivity contribution >= 4 is 8.32 Å². The molecular weight excluding hydrogens is 230 g/mol. The molecule has 3 nitrogen and oxygen atoms in total. The largest absolute Gasteiger partial charge is 0.494 e. The Balaban J connectivity index is 2.80. The van der Waals surface area contributed by atoms with E-state index in [0.717, 1.165) is 11.3 Å². The lowest BCUT2D eigenvalue weighted by Gasteiger charge is -2.21. The van der Waals surface area contributed by atoms with Crippen LogP contribution < -0.4 is 4.74 Å². The van der Waals surface area contributed by atoms with Gasteiger partial charge >= 0.3 is 0 Å². The molecule has 0 saturated carbocycles. The van der Waals surface area contributed by atoms with Crippen molar-refractivity contribution in [3.63, 3.8) is 0 Å². The zero-order valence-electron chi connectivity index (χ0n) is 10.9. The lowest BCUT2D eigenvalue weighted by atomic mass is 10.1. The fourth-order valence-electron chi connectivity index (χ4n) is 1.43. The fraction of sp³-hybridized carbons (Fsp3) is 0.462. The van der Waals surface area contributed by atoms with Crippen LogP contribution >= 0.6 is 0 Å². The number of rotatable bonds is 5. The summed E-state index contributed by atoms with van der Waals surface area (Å²) in [7, 11) is -1.71. The molecule has 0 aliphatic heterocycles. The Kier molecular flexibility index (Phi) is 4.73. The minimum absolute atomic E-state index is 0.475. The Labute approximate surface area is 104 Å². The van der Waals surface area contributed by atoms with Crippen LogP contribution in [0.1, 0.15) is 18.6 Å². The van der Waals surface area contributed by atoms with E-state index < -0.39 is 14.4 Å². The highest BCUT2D eigenvalue weighted by molar-refractivity contribution is 6.69. The average molecular weight is 249 g/mol. The van der Waals surface area contributed by atoms with Crippen LogP contribution in [0.15, 0.2) is 24.3 Å². The van der Waals surface area contributed by atoms with E-state index in [1.165, 1.54) is 0 Å². The van der Waals surface area contributed by atoms with Gasteiger partial charge in [-0.05, 0) is 44.3 Å². The molecule has 0 radical (unpaired) electrons. The van der Waals surface area contributed by atoms with E-state index in [4.69, 9.17) is 14.4 Å². The van der Waals surface area contributed by atoms with Crippen molar-refractivity contribution in [1.29, 1.82) is 5.26 Å². The Morgan fingerprint density at radius 1 is 1.24 bits per heavy atom. The fourth-order valence-corrected chi connectivity index (χ4v) is 2.32. The molecule has 0 amide bonds. The number of benzene rings is 1. The van der Waals surface area contributed by atoms with Gasteiger partial charge in [-0.3, -0.25) is 0 Å². The maximum Gasteiger partial charge on any atom is 0.186 e. The predicted octanol–water partition coefficient (Wildman–Crippen LogP) is 3.50. The molecule has 0 spiro atoms. The number of ether oxygens (including phenoxy) is 1. The van der Waals surface area contributed by atoms with Gasteiger partial charge in [-0.25, -0.2) is 0 Å². The van der Waals surface area contributed by atoms with Crippen molar-refractivity contribution in [1.82, 2.24) is 0 Å². The smallest absolute Gasteiger partial charge is 0.186 e. The molecule has 0 saturated heterocycles. The van der Waals surface area contributed by atoms with E-state index in [9.17, 15) is 0 Å². The summed E-state index contributed by atoms with van der Waals surface area (Å²) in [6.07, 6.45) is -0.475. The van der Waals surface area contributed by atoms with Gasteiger partial charge in [0.15, 0.2) is 14.4 Å². The number of hydrogen-bond donors (Lipinski definition) is 0. The lowest BCUT2D eigenvalue weighted by molar-refractivity contribution is 0.255. The van der Waals surface area contributed by atoms with E-state index >= 15 is 0 Å². The third kappa shape index (κ3) is 4.59. The second kappa shape index (κ2) is 5.85. The third-order valence-corrected chi connectivity index (χ3v) is 3.03. The third-order valence-electron chi connectivity index (χ3n) is 2.08. The summed E-state index contributed by atoms with van der Waals surface area (Å²) in [5.74, 6) is 0.820. The van der Waals surface area contributed by atoms with E-state index in [2.05, 4.69) is 25.7 Å². The van der Waals surface area contributed by atoms with Crippen molar-refractivity contribution in [2.45, 2.75) is 32.7 Å². The van der Waals surface area contributed by atoms with Crippen LogP contribution in [0.5, 0.6) is 5.75 Å². The SMILES string of the molecule is CCOc1ccc(C(C#N)O[Si](C)(C)C)cc1. The van der Waals surface area contributed by atoms with Gasteiger partial charge in [0.25, 0.3) is 0 Å². The van der Waals surface area contributed by atoms with Gasteiger partial charge in [-0.15, -0.1) is 0 Å². The van der Waals surface area contributed by atoms with E-state index in [1.807, 2.05) is 31.2 Å². The van der Waals surface area contributed by atoms with E-state index in [-0.39, 0.29) is 0 Å². The molecular formula is C13H19NO2Si. The molecule has 0 N–H and O–H groups in total. The standard InChI is InChI=1S/C13H19NO2Si/c1-5-15-12-8-6-11(7-9-12)13(10-14)16-17(2,3)4/h6-9,13H,5H2,1-4H3. The number of nitriles is 1. The molecule has 1 aromatic carbocycles. The van der Waals surface area contributed by atoms with Crippen LogP contribution in [0.25, 0.3) is 0 Å². The maximum absolute atomic E-state index is 9.13. The van der Waals surface area contributed by atoms with Crippen molar-refractivity contribution in [2.24, 2.45) is 0 Å². The van der Waals surface area contributed by atoms with Crippen LogP contribution in [0.3, 0.4) is 0 Å². The molecule has 1 atom stereocenters. The molecule has 0 aromatic heterocycles. The zero-order valence-corrected chi connectivity index (χ0v) is 11.9. The van der Waals surface area contributed by atoms with Gasteiger partial charge < -0.3 is 9.16 Å². The molecule has 1 unspecified atom stereocenters. The van der Waals surface area contributed by atoms with Gasteiger partial charge in [0, 0.05) is 0 Å². The number of nitrogens with zero attached hydrogens (tertiary/aromatic N) is 1. The quantitative estimate of drug-likeness (QED) is 0.750. The summed E-state index contributed by atoms with van der Waals surface area (Å²) in [6, 6.07) is 9.72. The minimum atomic E-state index is -1.71. The van der Waals surface area contributed by atoms with Gasteiger partial charge in [-0.1, -0.05) is 12.1 Å². The summed E-state index contributed by atoms with van der Waals surface area (Å²) in [5, 5.41) is 9.13. The van der Waals surface area contributed by atoms with Gasteiger partial charge in [0.2, 0.25) is 0 Å². The highest BCUT2D eigenvalue weighted by atomic mass is 28.4. The van der Waals surface area contributed by atoms with Crippen molar-refractivity contribution in [3.05, 3.63) is 29.8 Å². The summed E-state index contributed by atoms with van der Waals surface area (Å²) in [6.45, 7) is 8.82.